The van der Waals surface area contributed by atoms with Crippen LogP contribution in [0, 0.1) is 6.92 Å². The molecule has 0 spiro atoms. The van der Waals surface area contributed by atoms with Crippen molar-refractivity contribution in [1.29, 1.82) is 0 Å². The smallest absolute Gasteiger partial charge is 0.0595 e. The van der Waals surface area contributed by atoms with Crippen LogP contribution in [0.1, 0.15) is 36.2 Å². The van der Waals surface area contributed by atoms with E-state index in [-0.39, 0.29) is 6.04 Å². The molecule has 0 saturated carbocycles. The molecule has 1 N–H and O–H groups in total. The third kappa shape index (κ3) is 4.70. The Labute approximate surface area is 136 Å². The second-order valence-corrected chi connectivity index (χ2v) is 6.01. The molecule has 1 unspecified atom stereocenters. The first-order valence-corrected chi connectivity index (χ1v) is 7.95. The lowest BCUT2D eigenvalue weighted by Gasteiger charge is -2.19. The Morgan fingerprint density at radius 2 is 1.95 bits per heavy atom. The van der Waals surface area contributed by atoms with Gasteiger partial charge in [-0.2, -0.15) is 0 Å². The third-order valence-corrected chi connectivity index (χ3v) is 4.14. The van der Waals surface area contributed by atoms with Crippen LogP contribution in [-0.4, -0.2) is 11.5 Å². The van der Waals surface area contributed by atoms with Crippen LogP contribution < -0.4 is 5.32 Å². The fraction of sp³-hybridized carbons (Fsp3) is 0.353. The van der Waals surface area contributed by atoms with Crippen molar-refractivity contribution in [2.45, 2.75) is 32.7 Å². The summed E-state index contributed by atoms with van der Waals surface area (Å²) in [6, 6.07) is 10.2. The molecule has 0 bridgehead atoms. The zero-order valence-electron chi connectivity index (χ0n) is 12.4. The number of hydrogen-bond acceptors (Lipinski definition) is 2. The van der Waals surface area contributed by atoms with E-state index in [2.05, 4.69) is 23.3 Å². The van der Waals surface area contributed by atoms with Gasteiger partial charge in [0.15, 0.2) is 0 Å². The maximum absolute atomic E-state index is 6.10. The van der Waals surface area contributed by atoms with Crippen LogP contribution in [0.4, 0.5) is 0 Å². The molecule has 0 amide bonds. The molecule has 2 aromatic rings. The SMILES string of the molecule is CCCNC(Cc1ccc(Cl)c(Cl)c1)c1ccc(C)nc1. The van der Waals surface area contributed by atoms with Gasteiger partial charge in [0, 0.05) is 17.9 Å². The number of nitrogens with zero attached hydrogens (tertiary/aromatic N) is 1. The number of halogens is 2. The number of hydrogen-bond donors (Lipinski definition) is 1. The van der Waals surface area contributed by atoms with Gasteiger partial charge in [-0.05, 0) is 55.6 Å². The fourth-order valence-corrected chi connectivity index (χ4v) is 2.53. The van der Waals surface area contributed by atoms with Crippen molar-refractivity contribution in [3.63, 3.8) is 0 Å². The summed E-state index contributed by atoms with van der Waals surface area (Å²) in [7, 11) is 0. The highest BCUT2D eigenvalue weighted by Crippen LogP contribution is 2.25. The van der Waals surface area contributed by atoms with Crippen molar-refractivity contribution in [2.75, 3.05) is 6.54 Å². The highest BCUT2D eigenvalue weighted by atomic mass is 35.5. The summed E-state index contributed by atoms with van der Waals surface area (Å²) in [6.45, 7) is 5.13. The van der Waals surface area contributed by atoms with Gasteiger partial charge in [-0.15, -0.1) is 0 Å². The van der Waals surface area contributed by atoms with Crippen molar-refractivity contribution in [3.8, 4) is 0 Å². The zero-order chi connectivity index (χ0) is 15.2. The molecule has 0 aliphatic carbocycles. The Morgan fingerprint density at radius 1 is 1.14 bits per heavy atom. The summed E-state index contributed by atoms with van der Waals surface area (Å²) in [4.78, 5) is 4.39. The number of pyridine rings is 1. The molecule has 0 aliphatic heterocycles. The molecule has 0 aliphatic rings. The minimum Gasteiger partial charge on any atom is -0.310 e. The molecule has 0 saturated heterocycles. The lowest BCUT2D eigenvalue weighted by molar-refractivity contribution is 0.528. The standard InChI is InChI=1S/C17H20Cl2N2/c1-3-8-20-17(14-6-4-12(2)21-11-14)10-13-5-7-15(18)16(19)9-13/h4-7,9,11,17,20H,3,8,10H2,1-2H3. The predicted octanol–water partition coefficient (Wildman–Crippen LogP) is 4.98. The van der Waals surface area contributed by atoms with Gasteiger partial charge in [0.25, 0.3) is 0 Å². The monoisotopic (exact) mass is 322 g/mol. The summed E-state index contributed by atoms with van der Waals surface area (Å²) in [5.74, 6) is 0. The first kappa shape index (κ1) is 16.3. The number of rotatable bonds is 6. The number of benzene rings is 1. The fourth-order valence-electron chi connectivity index (χ4n) is 2.21. The van der Waals surface area contributed by atoms with E-state index in [1.807, 2.05) is 37.4 Å². The first-order chi connectivity index (χ1) is 10.1. The summed E-state index contributed by atoms with van der Waals surface area (Å²) in [5, 5.41) is 4.77. The van der Waals surface area contributed by atoms with Gasteiger partial charge in [-0.3, -0.25) is 4.98 Å². The van der Waals surface area contributed by atoms with Crippen molar-refractivity contribution >= 4 is 23.2 Å². The normalized spacial score (nSPS) is 12.4. The van der Waals surface area contributed by atoms with Gasteiger partial charge in [-0.25, -0.2) is 0 Å². The van der Waals surface area contributed by atoms with Gasteiger partial charge in [0.2, 0.25) is 0 Å². The average molecular weight is 323 g/mol. The molecule has 0 radical (unpaired) electrons. The molecule has 4 heteroatoms. The van der Waals surface area contributed by atoms with E-state index < -0.39 is 0 Å². The summed E-state index contributed by atoms with van der Waals surface area (Å²) in [5.41, 5.74) is 3.39. The Bertz CT molecular complexity index is 582. The minimum atomic E-state index is 0.232. The predicted molar refractivity (Wildman–Crippen MR) is 90.2 cm³/mol. The van der Waals surface area contributed by atoms with Gasteiger partial charge in [-0.1, -0.05) is 42.3 Å². The van der Waals surface area contributed by atoms with Gasteiger partial charge < -0.3 is 5.32 Å². The van der Waals surface area contributed by atoms with Crippen molar-refractivity contribution in [1.82, 2.24) is 10.3 Å². The molecule has 2 nitrogen and oxygen atoms in total. The van der Waals surface area contributed by atoms with Crippen LogP contribution >= 0.6 is 23.2 Å². The average Bonchev–Trinajstić information content (AvgIpc) is 2.48. The largest absolute Gasteiger partial charge is 0.310 e. The van der Waals surface area contributed by atoms with Crippen molar-refractivity contribution in [2.24, 2.45) is 0 Å². The maximum Gasteiger partial charge on any atom is 0.0595 e. The number of aromatic nitrogens is 1. The second-order valence-electron chi connectivity index (χ2n) is 5.19. The number of aryl methyl sites for hydroxylation is 1. The highest BCUT2D eigenvalue weighted by molar-refractivity contribution is 6.42. The van der Waals surface area contributed by atoms with Crippen molar-refractivity contribution in [3.05, 3.63) is 63.4 Å². The summed E-state index contributed by atoms with van der Waals surface area (Å²) in [6.07, 6.45) is 3.90. The third-order valence-electron chi connectivity index (χ3n) is 3.40. The minimum absolute atomic E-state index is 0.232. The van der Waals surface area contributed by atoms with Gasteiger partial charge in [0.1, 0.15) is 0 Å². The molecule has 1 aromatic heterocycles. The Kier molecular flexibility index (Phi) is 6.04. The van der Waals surface area contributed by atoms with E-state index in [1.54, 1.807) is 0 Å². The molecular weight excluding hydrogens is 303 g/mol. The number of nitrogens with one attached hydrogen (secondary N) is 1. The second kappa shape index (κ2) is 7.79. The highest BCUT2D eigenvalue weighted by Gasteiger charge is 2.12. The molecular formula is C17H20Cl2N2. The lowest BCUT2D eigenvalue weighted by atomic mass is 10.00. The van der Waals surface area contributed by atoms with Crippen LogP contribution in [0.15, 0.2) is 36.5 Å². The Hall–Kier alpha value is -1.09. The molecule has 0 fully saturated rings. The first-order valence-electron chi connectivity index (χ1n) is 7.20. The molecule has 21 heavy (non-hydrogen) atoms. The van der Waals surface area contributed by atoms with E-state index in [9.17, 15) is 0 Å². The van der Waals surface area contributed by atoms with Gasteiger partial charge in [0.05, 0.1) is 10.0 Å². The van der Waals surface area contributed by atoms with E-state index in [0.717, 1.165) is 25.1 Å². The van der Waals surface area contributed by atoms with E-state index >= 15 is 0 Å². The van der Waals surface area contributed by atoms with Crippen LogP contribution in [0.25, 0.3) is 0 Å². The van der Waals surface area contributed by atoms with Crippen molar-refractivity contribution < 1.29 is 0 Å². The molecule has 112 valence electrons. The topological polar surface area (TPSA) is 24.9 Å². The summed E-state index contributed by atoms with van der Waals surface area (Å²) >= 11 is 12.1. The van der Waals surface area contributed by atoms with Gasteiger partial charge >= 0.3 is 0 Å². The zero-order valence-corrected chi connectivity index (χ0v) is 13.9. The molecule has 1 heterocycles. The molecule has 1 atom stereocenters. The van der Waals surface area contributed by atoms with Crippen LogP contribution in [-0.2, 0) is 6.42 Å². The lowest BCUT2D eigenvalue weighted by Crippen LogP contribution is -2.24. The molecule has 2 rings (SSSR count). The van der Waals surface area contributed by atoms with Crippen LogP contribution in [0.5, 0.6) is 0 Å². The van der Waals surface area contributed by atoms with E-state index in [1.165, 1.54) is 11.1 Å². The Morgan fingerprint density at radius 3 is 2.57 bits per heavy atom. The Balaban J connectivity index is 2.19. The van der Waals surface area contributed by atoms with E-state index in [4.69, 9.17) is 23.2 Å². The molecule has 1 aromatic carbocycles. The van der Waals surface area contributed by atoms with Crippen LogP contribution in [0.3, 0.4) is 0 Å². The summed E-state index contributed by atoms with van der Waals surface area (Å²) < 4.78 is 0. The quantitative estimate of drug-likeness (QED) is 0.811. The maximum atomic E-state index is 6.10. The van der Waals surface area contributed by atoms with Crippen LogP contribution in [0.2, 0.25) is 10.0 Å². The van der Waals surface area contributed by atoms with E-state index in [0.29, 0.717) is 10.0 Å².